The summed E-state index contributed by atoms with van der Waals surface area (Å²) in [5.74, 6) is -3.44. The van der Waals surface area contributed by atoms with Crippen molar-refractivity contribution < 1.29 is 33.4 Å². The summed E-state index contributed by atoms with van der Waals surface area (Å²) < 4.78 is 22.9. The molecule has 1 aromatic rings. The highest BCUT2D eigenvalue weighted by Gasteiger charge is 2.29. The van der Waals surface area contributed by atoms with E-state index in [9.17, 15) is 18.8 Å². The number of carbonyl (C=O) groups excluding carboxylic acids is 2. The number of hydrogen-bond acceptors (Lipinski definition) is 5. The van der Waals surface area contributed by atoms with Crippen LogP contribution in [0, 0.1) is 5.82 Å². The number of hydrogen-bond donors (Lipinski definition) is 1. The topological polar surface area (TPSA) is 93.1 Å². The van der Waals surface area contributed by atoms with Crippen LogP contribution in [-0.4, -0.2) is 47.7 Å². The monoisotopic (exact) mass is 283 g/mol. The first-order valence-corrected chi connectivity index (χ1v) is 5.62. The number of aromatic carboxylic acids is 1. The van der Waals surface area contributed by atoms with Crippen LogP contribution in [0.1, 0.15) is 10.4 Å². The second-order valence-corrected chi connectivity index (χ2v) is 3.87. The zero-order valence-corrected chi connectivity index (χ0v) is 10.2. The van der Waals surface area contributed by atoms with E-state index in [-0.39, 0.29) is 18.9 Å². The molecule has 1 aliphatic rings. The number of ether oxygens (including phenoxy) is 2. The lowest BCUT2D eigenvalue weighted by Gasteiger charge is -2.13. The summed E-state index contributed by atoms with van der Waals surface area (Å²) in [6.07, 6.45) is -0.781. The minimum Gasteiger partial charge on any atom is -0.483 e. The van der Waals surface area contributed by atoms with Crippen LogP contribution >= 0.6 is 0 Å². The summed E-state index contributed by atoms with van der Waals surface area (Å²) in [5, 5.41) is 8.88. The molecule has 0 atom stereocenters. The van der Waals surface area contributed by atoms with Crippen LogP contribution < -0.4 is 4.74 Å². The van der Waals surface area contributed by atoms with Gasteiger partial charge in [-0.25, -0.2) is 18.9 Å². The van der Waals surface area contributed by atoms with Crippen molar-refractivity contribution >= 4 is 18.0 Å². The number of cyclic esters (lactones) is 1. The fourth-order valence-electron chi connectivity index (χ4n) is 1.67. The number of carboxylic acid groups (broad SMARTS) is 1. The molecule has 0 saturated carbocycles. The molecule has 1 aromatic carbocycles. The Hall–Kier alpha value is -2.64. The lowest BCUT2D eigenvalue weighted by Crippen LogP contribution is -2.35. The quantitative estimate of drug-likeness (QED) is 0.881. The predicted molar refractivity (Wildman–Crippen MR) is 61.9 cm³/mol. The molecule has 1 aliphatic heterocycles. The van der Waals surface area contributed by atoms with Gasteiger partial charge in [-0.1, -0.05) is 6.07 Å². The number of amides is 2. The first-order valence-electron chi connectivity index (χ1n) is 5.62. The van der Waals surface area contributed by atoms with Gasteiger partial charge in [0.25, 0.3) is 5.91 Å². The second-order valence-electron chi connectivity index (χ2n) is 3.87. The zero-order chi connectivity index (χ0) is 14.7. The largest absolute Gasteiger partial charge is 0.483 e. The van der Waals surface area contributed by atoms with Crippen LogP contribution in [-0.2, 0) is 9.53 Å². The molecular formula is C12H10FNO6. The Morgan fingerprint density at radius 1 is 1.45 bits per heavy atom. The Bertz CT molecular complexity index is 573. The molecular weight excluding hydrogens is 273 g/mol. The maximum atomic E-state index is 13.4. The van der Waals surface area contributed by atoms with E-state index in [4.69, 9.17) is 9.84 Å². The Balaban J connectivity index is 2.08. The van der Waals surface area contributed by atoms with E-state index >= 15 is 0 Å². The van der Waals surface area contributed by atoms with Gasteiger partial charge in [0.2, 0.25) is 0 Å². The predicted octanol–water partition coefficient (Wildman–Crippen LogP) is 0.881. The van der Waals surface area contributed by atoms with E-state index < -0.39 is 36.0 Å². The molecule has 1 N–H and O–H groups in total. The fraction of sp³-hybridized carbons (Fsp3) is 0.250. The molecule has 2 rings (SSSR count). The highest BCUT2D eigenvalue weighted by molar-refractivity contribution is 5.94. The Morgan fingerprint density at radius 2 is 2.20 bits per heavy atom. The van der Waals surface area contributed by atoms with E-state index in [2.05, 4.69) is 4.74 Å². The summed E-state index contributed by atoms with van der Waals surface area (Å²) >= 11 is 0. The van der Waals surface area contributed by atoms with Gasteiger partial charge in [-0.3, -0.25) is 4.79 Å². The van der Waals surface area contributed by atoms with Gasteiger partial charge in [-0.15, -0.1) is 0 Å². The van der Waals surface area contributed by atoms with E-state index in [1.807, 2.05) is 0 Å². The average molecular weight is 283 g/mol. The number of rotatable bonds is 4. The Morgan fingerprint density at radius 3 is 2.80 bits per heavy atom. The molecule has 8 heteroatoms. The third kappa shape index (κ3) is 2.68. The van der Waals surface area contributed by atoms with E-state index in [0.717, 1.165) is 11.0 Å². The van der Waals surface area contributed by atoms with Gasteiger partial charge in [0.05, 0.1) is 6.54 Å². The minimum absolute atomic E-state index is 0.102. The van der Waals surface area contributed by atoms with Crippen molar-refractivity contribution in [3.8, 4) is 5.75 Å². The molecule has 0 bridgehead atoms. The maximum Gasteiger partial charge on any atom is 0.416 e. The van der Waals surface area contributed by atoms with Crippen LogP contribution in [0.15, 0.2) is 18.2 Å². The molecule has 20 heavy (non-hydrogen) atoms. The molecule has 1 heterocycles. The van der Waals surface area contributed by atoms with Crippen molar-refractivity contribution in [2.24, 2.45) is 0 Å². The van der Waals surface area contributed by atoms with Gasteiger partial charge in [-0.2, -0.15) is 0 Å². The van der Waals surface area contributed by atoms with E-state index in [0.29, 0.717) is 0 Å². The maximum absolute atomic E-state index is 13.4. The molecule has 0 radical (unpaired) electrons. The van der Waals surface area contributed by atoms with Crippen molar-refractivity contribution in [1.82, 2.24) is 4.90 Å². The number of halogens is 1. The van der Waals surface area contributed by atoms with Crippen molar-refractivity contribution in [2.75, 3.05) is 19.8 Å². The average Bonchev–Trinajstić information content (AvgIpc) is 2.81. The summed E-state index contributed by atoms with van der Waals surface area (Å²) in [4.78, 5) is 34.5. The van der Waals surface area contributed by atoms with Gasteiger partial charge in [-0.05, 0) is 12.1 Å². The normalized spacial score (nSPS) is 14.1. The number of carboxylic acids is 1. The van der Waals surface area contributed by atoms with Crippen LogP contribution in [0.3, 0.4) is 0 Å². The van der Waals surface area contributed by atoms with Crippen molar-refractivity contribution in [2.45, 2.75) is 0 Å². The van der Waals surface area contributed by atoms with Crippen LogP contribution in [0.25, 0.3) is 0 Å². The molecule has 1 fully saturated rings. The summed E-state index contributed by atoms with van der Waals surface area (Å²) in [6.45, 7) is -0.375. The number of imide groups is 1. The molecule has 0 spiro atoms. The first kappa shape index (κ1) is 13.8. The number of benzene rings is 1. The molecule has 0 aromatic heterocycles. The summed E-state index contributed by atoms with van der Waals surface area (Å²) in [5.41, 5.74) is -0.663. The zero-order valence-electron chi connectivity index (χ0n) is 10.2. The molecule has 0 unspecified atom stereocenters. The lowest BCUT2D eigenvalue weighted by molar-refractivity contribution is -0.129. The van der Waals surface area contributed by atoms with Crippen molar-refractivity contribution in [3.63, 3.8) is 0 Å². The van der Waals surface area contributed by atoms with Gasteiger partial charge >= 0.3 is 12.1 Å². The first-order chi connectivity index (χ1) is 9.50. The van der Waals surface area contributed by atoms with E-state index in [1.165, 1.54) is 12.1 Å². The third-order valence-electron chi connectivity index (χ3n) is 2.60. The van der Waals surface area contributed by atoms with Crippen LogP contribution in [0.2, 0.25) is 0 Å². The Labute approximate surface area is 112 Å². The standard InChI is InChI=1S/C12H10FNO6/c13-7-2-1-3-8(10(7)11(16)17)20-6-9(15)14-4-5-19-12(14)18/h1-3H,4-6H2,(H,16,17). The molecule has 0 aliphatic carbocycles. The van der Waals surface area contributed by atoms with Gasteiger partial charge in [0, 0.05) is 0 Å². The van der Waals surface area contributed by atoms with Crippen molar-refractivity contribution in [3.05, 3.63) is 29.6 Å². The highest BCUT2D eigenvalue weighted by Crippen LogP contribution is 2.21. The molecule has 106 valence electrons. The Kier molecular flexibility index (Phi) is 3.83. The van der Waals surface area contributed by atoms with Gasteiger partial charge < -0.3 is 14.6 Å². The van der Waals surface area contributed by atoms with Gasteiger partial charge in [0.15, 0.2) is 6.61 Å². The third-order valence-corrected chi connectivity index (χ3v) is 2.60. The number of carbonyl (C=O) groups is 3. The summed E-state index contributed by atoms with van der Waals surface area (Å²) in [6, 6.07) is 3.45. The minimum atomic E-state index is -1.51. The highest BCUT2D eigenvalue weighted by atomic mass is 19.1. The SMILES string of the molecule is O=C(O)c1c(F)cccc1OCC(=O)N1CCOC1=O. The molecule has 1 saturated heterocycles. The molecule has 2 amide bonds. The molecule has 7 nitrogen and oxygen atoms in total. The van der Waals surface area contributed by atoms with Crippen LogP contribution in [0.4, 0.5) is 9.18 Å². The lowest BCUT2D eigenvalue weighted by atomic mass is 10.2. The van der Waals surface area contributed by atoms with E-state index in [1.54, 1.807) is 0 Å². The van der Waals surface area contributed by atoms with Crippen LogP contribution in [0.5, 0.6) is 5.75 Å². The smallest absolute Gasteiger partial charge is 0.416 e. The summed E-state index contributed by atoms with van der Waals surface area (Å²) in [7, 11) is 0. The fourth-order valence-corrected chi connectivity index (χ4v) is 1.67. The van der Waals surface area contributed by atoms with Gasteiger partial charge in [0.1, 0.15) is 23.7 Å². The number of nitrogens with zero attached hydrogens (tertiary/aromatic N) is 1. The second kappa shape index (κ2) is 5.55. The van der Waals surface area contributed by atoms with Crippen molar-refractivity contribution in [1.29, 1.82) is 0 Å².